The van der Waals surface area contributed by atoms with E-state index in [1.54, 1.807) is 0 Å². The average molecular weight is 247 g/mol. The van der Waals surface area contributed by atoms with Crippen molar-refractivity contribution in [3.05, 3.63) is 29.7 Å². The summed E-state index contributed by atoms with van der Waals surface area (Å²) in [7, 11) is 0. The lowest BCUT2D eigenvalue weighted by Gasteiger charge is -2.18. The summed E-state index contributed by atoms with van der Waals surface area (Å²) in [5, 5.41) is 8.63. The molecule has 1 aromatic heterocycles. The van der Waals surface area contributed by atoms with E-state index < -0.39 is 5.97 Å². The second kappa shape index (κ2) is 4.44. The van der Waals surface area contributed by atoms with Crippen LogP contribution >= 0.6 is 0 Å². The summed E-state index contributed by atoms with van der Waals surface area (Å²) in [5.41, 5.74) is 2.76. The fourth-order valence-corrected chi connectivity index (χ4v) is 1.76. The molecule has 4 nitrogen and oxygen atoms in total. The molecule has 0 radical (unpaired) electrons. The highest BCUT2D eigenvalue weighted by molar-refractivity contribution is 5.74. The summed E-state index contributed by atoms with van der Waals surface area (Å²) in [6, 6.07) is 5.92. The first-order valence-corrected chi connectivity index (χ1v) is 5.98. The molecule has 18 heavy (non-hydrogen) atoms. The topological polar surface area (TPSA) is 63.3 Å². The van der Waals surface area contributed by atoms with Gasteiger partial charge in [0.2, 0.25) is 0 Å². The van der Waals surface area contributed by atoms with Crippen molar-refractivity contribution in [2.45, 2.75) is 39.0 Å². The van der Waals surface area contributed by atoms with Crippen LogP contribution in [-0.4, -0.2) is 16.1 Å². The molecule has 0 saturated carbocycles. The number of aryl methyl sites for hydroxylation is 1. The van der Waals surface area contributed by atoms with Gasteiger partial charge in [0.15, 0.2) is 11.5 Å². The summed E-state index contributed by atoms with van der Waals surface area (Å²) in [4.78, 5) is 14.8. The van der Waals surface area contributed by atoms with Crippen molar-refractivity contribution < 1.29 is 14.3 Å². The number of hydrogen-bond donors (Lipinski definition) is 1. The van der Waals surface area contributed by atoms with Crippen molar-refractivity contribution in [3.8, 4) is 0 Å². The second-order valence-electron chi connectivity index (χ2n) is 5.43. The van der Waals surface area contributed by atoms with E-state index >= 15 is 0 Å². The number of oxazole rings is 1. The lowest BCUT2D eigenvalue weighted by Crippen LogP contribution is -2.10. The Hall–Kier alpha value is -1.84. The predicted molar refractivity (Wildman–Crippen MR) is 68.7 cm³/mol. The van der Waals surface area contributed by atoms with Crippen LogP contribution < -0.4 is 0 Å². The van der Waals surface area contributed by atoms with Gasteiger partial charge in [-0.05, 0) is 23.1 Å². The molecule has 0 aliphatic carbocycles. The zero-order chi connectivity index (χ0) is 13.3. The van der Waals surface area contributed by atoms with Crippen LogP contribution in [0.4, 0.5) is 0 Å². The van der Waals surface area contributed by atoms with E-state index in [4.69, 9.17) is 9.52 Å². The van der Waals surface area contributed by atoms with Crippen LogP contribution in [0, 0.1) is 0 Å². The van der Waals surface area contributed by atoms with Crippen molar-refractivity contribution in [2.75, 3.05) is 0 Å². The van der Waals surface area contributed by atoms with Crippen LogP contribution in [0.3, 0.4) is 0 Å². The summed E-state index contributed by atoms with van der Waals surface area (Å²) >= 11 is 0. The normalized spacial score (nSPS) is 11.9. The van der Waals surface area contributed by atoms with Crippen LogP contribution in [0.25, 0.3) is 11.1 Å². The van der Waals surface area contributed by atoms with Gasteiger partial charge in [0.25, 0.3) is 0 Å². The molecule has 96 valence electrons. The highest BCUT2D eigenvalue weighted by Crippen LogP contribution is 2.26. The molecule has 4 heteroatoms. The molecular weight excluding hydrogens is 230 g/mol. The minimum Gasteiger partial charge on any atom is -0.481 e. The second-order valence-corrected chi connectivity index (χ2v) is 5.43. The number of carboxylic acids is 1. The molecule has 0 unspecified atom stereocenters. The molecule has 0 aliphatic rings. The van der Waals surface area contributed by atoms with Gasteiger partial charge in [-0.15, -0.1) is 0 Å². The minimum atomic E-state index is -0.840. The molecule has 0 aliphatic heterocycles. The number of carbonyl (C=O) groups is 1. The number of hydrogen-bond acceptors (Lipinski definition) is 3. The maximum Gasteiger partial charge on any atom is 0.303 e. The summed E-state index contributed by atoms with van der Waals surface area (Å²) < 4.78 is 5.51. The van der Waals surface area contributed by atoms with Crippen molar-refractivity contribution in [2.24, 2.45) is 0 Å². The Bertz CT molecular complexity index is 578. The van der Waals surface area contributed by atoms with Crippen molar-refractivity contribution in [1.29, 1.82) is 0 Å². The molecule has 0 fully saturated rings. The Morgan fingerprint density at radius 3 is 2.72 bits per heavy atom. The van der Waals surface area contributed by atoms with E-state index in [1.165, 1.54) is 5.56 Å². The van der Waals surface area contributed by atoms with Gasteiger partial charge in [0.05, 0.1) is 6.42 Å². The van der Waals surface area contributed by atoms with Gasteiger partial charge in [-0.3, -0.25) is 4.79 Å². The van der Waals surface area contributed by atoms with Crippen LogP contribution in [0.1, 0.15) is 38.6 Å². The molecule has 1 N–H and O–H groups in total. The average Bonchev–Trinajstić information content (AvgIpc) is 2.66. The fourth-order valence-electron chi connectivity index (χ4n) is 1.76. The van der Waals surface area contributed by atoms with E-state index in [-0.39, 0.29) is 11.8 Å². The van der Waals surface area contributed by atoms with E-state index in [0.717, 1.165) is 5.52 Å². The summed E-state index contributed by atoms with van der Waals surface area (Å²) in [6.07, 6.45) is 0.369. The molecule has 2 aromatic rings. The lowest BCUT2D eigenvalue weighted by atomic mass is 9.87. The van der Waals surface area contributed by atoms with Crippen molar-refractivity contribution in [1.82, 2.24) is 4.98 Å². The zero-order valence-corrected chi connectivity index (χ0v) is 10.9. The molecular formula is C14H17NO3. The largest absolute Gasteiger partial charge is 0.481 e. The first-order chi connectivity index (χ1) is 8.36. The molecule has 0 atom stereocenters. The minimum absolute atomic E-state index is 0.0406. The van der Waals surface area contributed by atoms with Gasteiger partial charge in [-0.25, -0.2) is 4.98 Å². The van der Waals surface area contributed by atoms with Crippen LogP contribution in [0.2, 0.25) is 0 Å². The first-order valence-electron chi connectivity index (χ1n) is 5.98. The number of carboxylic acid groups (broad SMARTS) is 1. The molecule has 0 saturated heterocycles. The van der Waals surface area contributed by atoms with Gasteiger partial charge in [-0.2, -0.15) is 0 Å². The molecule has 1 aromatic carbocycles. The van der Waals surface area contributed by atoms with Crippen molar-refractivity contribution in [3.63, 3.8) is 0 Å². The molecule has 0 amide bonds. The predicted octanol–water partition coefficient (Wildman–Crippen LogP) is 3.14. The van der Waals surface area contributed by atoms with E-state index in [2.05, 4.69) is 25.8 Å². The number of nitrogens with zero attached hydrogens (tertiary/aromatic N) is 1. The Labute approximate surface area is 106 Å². The summed E-state index contributed by atoms with van der Waals surface area (Å²) in [5.74, 6) is -0.355. The summed E-state index contributed by atoms with van der Waals surface area (Å²) in [6.45, 7) is 6.42. The number of fused-ring (bicyclic) bond motifs is 1. The molecule has 0 spiro atoms. The highest BCUT2D eigenvalue weighted by atomic mass is 16.4. The van der Waals surface area contributed by atoms with Gasteiger partial charge in [0.1, 0.15) is 5.52 Å². The van der Waals surface area contributed by atoms with E-state index in [1.807, 2.05) is 18.2 Å². The van der Waals surface area contributed by atoms with Crippen molar-refractivity contribution >= 4 is 17.1 Å². The number of aliphatic carboxylic acids is 1. The van der Waals surface area contributed by atoms with E-state index in [0.29, 0.717) is 17.9 Å². The van der Waals surface area contributed by atoms with Gasteiger partial charge in [0, 0.05) is 6.42 Å². The third-order valence-electron chi connectivity index (χ3n) is 2.85. The quantitative estimate of drug-likeness (QED) is 0.905. The molecule has 2 rings (SSSR count). The molecule has 1 heterocycles. The number of aromatic nitrogens is 1. The Morgan fingerprint density at radius 1 is 1.39 bits per heavy atom. The van der Waals surface area contributed by atoms with Gasteiger partial charge in [-0.1, -0.05) is 26.8 Å². The van der Waals surface area contributed by atoms with E-state index in [9.17, 15) is 4.79 Å². The third-order valence-corrected chi connectivity index (χ3v) is 2.85. The Kier molecular flexibility index (Phi) is 3.11. The maximum absolute atomic E-state index is 10.5. The zero-order valence-electron chi connectivity index (χ0n) is 10.9. The third kappa shape index (κ3) is 2.70. The monoisotopic (exact) mass is 247 g/mol. The van der Waals surface area contributed by atoms with Crippen LogP contribution in [0.15, 0.2) is 22.6 Å². The highest BCUT2D eigenvalue weighted by Gasteiger charge is 2.15. The maximum atomic E-state index is 10.5. The van der Waals surface area contributed by atoms with Crippen LogP contribution in [-0.2, 0) is 16.6 Å². The Balaban J connectivity index is 2.31. The van der Waals surface area contributed by atoms with Gasteiger partial charge < -0.3 is 9.52 Å². The lowest BCUT2D eigenvalue weighted by molar-refractivity contribution is -0.137. The van der Waals surface area contributed by atoms with Gasteiger partial charge >= 0.3 is 5.97 Å². The number of benzene rings is 1. The standard InChI is InChI=1S/C14H17NO3/c1-14(2,3)9-4-5-11-10(8-9)15-12(18-11)6-7-13(16)17/h4-5,8H,6-7H2,1-3H3,(H,16,17). The fraction of sp³-hybridized carbons (Fsp3) is 0.429. The molecule has 0 bridgehead atoms. The first kappa shape index (κ1) is 12.6. The number of rotatable bonds is 3. The van der Waals surface area contributed by atoms with Crippen LogP contribution in [0.5, 0.6) is 0 Å². The Morgan fingerprint density at radius 2 is 2.11 bits per heavy atom. The SMILES string of the molecule is CC(C)(C)c1ccc2oc(CCC(=O)O)nc2c1. The smallest absolute Gasteiger partial charge is 0.303 e.